The van der Waals surface area contributed by atoms with Gasteiger partial charge in [0.25, 0.3) is 0 Å². The standard InChI is InChI=1S/C16H19F3N2/c1-12(2)20-10-15-7-4-8-21(15)11-13-5-3-6-14(9-13)16(17,18)19/h3-9,12,20H,10-11H2,1-2H3. The van der Waals surface area contributed by atoms with E-state index in [-0.39, 0.29) is 0 Å². The second-order valence-electron chi connectivity index (χ2n) is 5.36. The molecule has 114 valence electrons. The van der Waals surface area contributed by atoms with E-state index in [0.29, 0.717) is 24.7 Å². The fourth-order valence-electron chi connectivity index (χ4n) is 2.12. The van der Waals surface area contributed by atoms with E-state index in [0.717, 1.165) is 11.8 Å². The number of aromatic nitrogens is 1. The highest BCUT2D eigenvalue weighted by Crippen LogP contribution is 2.29. The topological polar surface area (TPSA) is 17.0 Å². The van der Waals surface area contributed by atoms with Gasteiger partial charge in [0.1, 0.15) is 0 Å². The third-order valence-electron chi connectivity index (χ3n) is 3.22. The summed E-state index contributed by atoms with van der Waals surface area (Å²) >= 11 is 0. The number of hydrogen-bond donors (Lipinski definition) is 1. The smallest absolute Gasteiger partial charge is 0.346 e. The van der Waals surface area contributed by atoms with Gasteiger partial charge >= 0.3 is 6.18 Å². The monoisotopic (exact) mass is 296 g/mol. The van der Waals surface area contributed by atoms with Crippen LogP contribution in [0.5, 0.6) is 0 Å². The lowest BCUT2D eigenvalue weighted by Gasteiger charge is -2.13. The van der Waals surface area contributed by atoms with Gasteiger partial charge in [-0.25, -0.2) is 0 Å². The molecular formula is C16H19F3N2. The Labute approximate surface area is 122 Å². The van der Waals surface area contributed by atoms with E-state index < -0.39 is 11.7 Å². The molecule has 2 nitrogen and oxygen atoms in total. The molecule has 21 heavy (non-hydrogen) atoms. The molecule has 0 unspecified atom stereocenters. The summed E-state index contributed by atoms with van der Waals surface area (Å²) < 4.78 is 40.1. The van der Waals surface area contributed by atoms with E-state index in [2.05, 4.69) is 19.2 Å². The van der Waals surface area contributed by atoms with Crippen LogP contribution in [-0.2, 0) is 19.3 Å². The van der Waals surface area contributed by atoms with E-state index in [4.69, 9.17) is 0 Å². The first-order valence-electron chi connectivity index (χ1n) is 6.90. The maximum Gasteiger partial charge on any atom is 0.416 e. The minimum absolute atomic E-state index is 0.363. The number of rotatable bonds is 5. The van der Waals surface area contributed by atoms with Crippen LogP contribution in [0.4, 0.5) is 13.2 Å². The normalized spacial score (nSPS) is 12.1. The van der Waals surface area contributed by atoms with Crippen LogP contribution in [0, 0.1) is 0 Å². The molecule has 1 aromatic carbocycles. The van der Waals surface area contributed by atoms with Crippen LogP contribution in [0.2, 0.25) is 0 Å². The van der Waals surface area contributed by atoms with Crippen LogP contribution in [0.3, 0.4) is 0 Å². The first-order chi connectivity index (χ1) is 9.86. The summed E-state index contributed by atoms with van der Waals surface area (Å²) in [5.74, 6) is 0. The highest BCUT2D eigenvalue weighted by Gasteiger charge is 2.30. The quantitative estimate of drug-likeness (QED) is 0.880. The summed E-state index contributed by atoms with van der Waals surface area (Å²) in [7, 11) is 0. The van der Waals surface area contributed by atoms with Crippen LogP contribution in [0.1, 0.15) is 30.7 Å². The Balaban J connectivity index is 2.14. The van der Waals surface area contributed by atoms with Crippen molar-refractivity contribution >= 4 is 0 Å². The Morgan fingerprint density at radius 3 is 2.57 bits per heavy atom. The Hall–Kier alpha value is -1.75. The Kier molecular flexibility index (Phi) is 4.73. The van der Waals surface area contributed by atoms with E-state index in [1.165, 1.54) is 12.1 Å². The van der Waals surface area contributed by atoms with Crippen molar-refractivity contribution in [2.45, 2.75) is 39.2 Å². The third-order valence-corrected chi connectivity index (χ3v) is 3.22. The molecule has 0 aliphatic rings. The Bertz CT molecular complexity index is 585. The highest BCUT2D eigenvalue weighted by molar-refractivity contribution is 5.26. The number of benzene rings is 1. The summed E-state index contributed by atoms with van der Waals surface area (Å²) in [5.41, 5.74) is 1.10. The average molecular weight is 296 g/mol. The number of nitrogens with zero attached hydrogens (tertiary/aromatic N) is 1. The van der Waals surface area contributed by atoms with E-state index >= 15 is 0 Å². The zero-order chi connectivity index (χ0) is 15.5. The van der Waals surface area contributed by atoms with Crippen LogP contribution in [-0.4, -0.2) is 10.6 Å². The van der Waals surface area contributed by atoms with Crippen molar-refractivity contribution in [3.05, 3.63) is 59.4 Å². The predicted octanol–water partition coefficient (Wildman–Crippen LogP) is 4.05. The second kappa shape index (κ2) is 6.35. The molecule has 0 saturated heterocycles. The SMILES string of the molecule is CC(C)NCc1cccn1Cc1cccc(C(F)(F)F)c1. The molecule has 1 heterocycles. The number of halogens is 3. The van der Waals surface area contributed by atoms with Gasteiger partial charge in [-0.1, -0.05) is 26.0 Å². The molecule has 0 saturated carbocycles. The third kappa shape index (κ3) is 4.36. The van der Waals surface area contributed by atoms with Gasteiger partial charge in [-0.05, 0) is 29.8 Å². The lowest BCUT2D eigenvalue weighted by molar-refractivity contribution is -0.137. The molecule has 2 rings (SSSR count). The first-order valence-corrected chi connectivity index (χ1v) is 6.90. The fraction of sp³-hybridized carbons (Fsp3) is 0.375. The number of hydrogen-bond acceptors (Lipinski definition) is 1. The molecule has 0 atom stereocenters. The van der Waals surface area contributed by atoms with Gasteiger partial charge in [-0.3, -0.25) is 0 Å². The van der Waals surface area contributed by atoms with Crippen molar-refractivity contribution < 1.29 is 13.2 Å². The molecular weight excluding hydrogens is 277 g/mol. The molecule has 0 spiro atoms. The number of alkyl halides is 3. The van der Waals surface area contributed by atoms with Gasteiger partial charge in [0.2, 0.25) is 0 Å². The van der Waals surface area contributed by atoms with Crippen LogP contribution in [0.15, 0.2) is 42.6 Å². The van der Waals surface area contributed by atoms with Crippen molar-refractivity contribution in [1.29, 1.82) is 0 Å². The van der Waals surface area contributed by atoms with Crippen molar-refractivity contribution in [3.8, 4) is 0 Å². The van der Waals surface area contributed by atoms with Crippen molar-refractivity contribution in [1.82, 2.24) is 9.88 Å². The van der Waals surface area contributed by atoms with Gasteiger partial charge in [0.15, 0.2) is 0 Å². The van der Waals surface area contributed by atoms with E-state index in [9.17, 15) is 13.2 Å². The Morgan fingerprint density at radius 1 is 1.14 bits per heavy atom. The lowest BCUT2D eigenvalue weighted by atomic mass is 10.1. The fourth-order valence-corrected chi connectivity index (χ4v) is 2.12. The van der Waals surface area contributed by atoms with E-state index in [1.807, 2.05) is 22.9 Å². The van der Waals surface area contributed by atoms with Crippen molar-refractivity contribution in [3.63, 3.8) is 0 Å². The van der Waals surface area contributed by atoms with Gasteiger partial charge in [-0.2, -0.15) is 13.2 Å². The maximum absolute atomic E-state index is 12.7. The van der Waals surface area contributed by atoms with Gasteiger partial charge in [-0.15, -0.1) is 0 Å². The van der Waals surface area contributed by atoms with Gasteiger partial charge in [0, 0.05) is 31.0 Å². The minimum Gasteiger partial charge on any atom is -0.346 e. The molecule has 0 aliphatic carbocycles. The molecule has 5 heteroatoms. The molecule has 0 radical (unpaired) electrons. The first kappa shape index (κ1) is 15.6. The summed E-state index contributed by atoms with van der Waals surface area (Å²) in [4.78, 5) is 0. The highest BCUT2D eigenvalue weighted by atomic mass is 19.4. The minimum atomic E-state index is -4.30. The molecule has 1 aromatic heterocycles. The molecule has 0 amide bonds. The molecule has 1 N–H and O–H groups in total. The van der Waals surface area contributed by atoms with Crippen molar-refractivity contribution in [2.24, 2.45) is 0 Å². The summed E-state index contributed by atoms with van der Waals surface area (Å²) in [6.07, 6.45) is -2.41. The Morgan fingerprint density at radius 2 is 1.90 bits per heavy atom. The molecule has 2 aromatic rings. The summed E-state index contributed by atoms with van der Waals surface area (Å²) in [5, 5.41) is 3.31. The van der Waals surface area contributed by atoms with E-state index in [1.54, 1.807) is 6.07 Å². The van der Waals surface area contributed by atoms with Crippen LogP contribution in [0.25, 0.3) is 0 Å². The largest absolute Gasteiger partial charge is 0.416 e. The summed E-state index contributed by atoms with van der Waals surface area (Å²) in [6, 6.07) is 9.72. The predicted molar refractivity (Wildman–Crippen MR) is 77.0 cm³/mol. The van der Waals surface area contributed by atoms with Crippen LogP contribution >= 0.6 is 0 Å². The molecule has 0 fully saturated rings. The zero-order valence-corrected chi connectivity index (χ0v) is 12.1. The lowest BCUT2D eigenvalue weighted by Crippen LogP contribution is -2.23. The zero-order valence-electron chi connectivity index (χ0n) is 12.1. The molecule has 0 aliphatic heterocycles. The number of nitrogens with one attached hydrogen (secondary N) is 1. The van der Waals surface area contributed by atoms with Gasteiger partial charge in [0.05, 0.1) is 5.56 Å². The summed E-state index contributed by atoms with van der Waals surface area (Å²) in [6.45, 7) is 5.25. The van der Waals surface area contributed by atoms with Crippen molar-refractivity contribution in [2.75, 3.05) is 0 Å². The van der Waals surface area contributed by atoms with Crippen LogP contribution < -0.4 is 5.32 Å². The molecule has 0 bridgehead atoms. The second-order valence-corrected chi connectivity index (χ2v) is 5.36. The average Bonchev–Trinajstić information content (AvgIpc) is 2.83. The maximum atomic E-state index is 12.7. The van der Waals surface area contributed by atoms with Gasteiger partial charge < -0.3 is 9.88 Å².